The highest BCUT2D eigenvalue weighted by Gasteiger charge is 2.26. The molecule has 4 aromatic rings. The van der Waals surface area contributed by atoms with Crippen molar-refractivity contribution in [1.29, 1.82) is 0 Å². The summed E-state index contributed by atoms with van der Waals surface area (Å²) >= 11 is 0. The van der Waals surface area contributed by atoms with Gasteiger partial charge < -0.3 is 29.7 Å². The van der Waals surface area contributed by atoms with Crippen LogP contribution in [0.25, 0.3) is 22.2 Å². The molecule has 198 valence electrons. The lowest BCUT2D eigenvalue weighted by atomic mass is 10.1. The summed E-state index contributed by atoms with van der Waals surface area (Å²) in [6.07, 6.45) is 3.15. The first kappa shape index (κ1) is 24.4. The zero-order chi connectivity index (χ0) is 26.4. The van der Waals surface area contributed by atoms with Crippen molar-refractivity contribution in [2.75, 3.05) is 61.5 Å². The van der Waals surface area contributed by atoms with Crippen molar-refractivity contribution >= 4 is 33.9 Å². The van der Waals surface area contributed by atoms with Crippen LogP contribution in [0, 0.1) is 11.6 Å². The second-order valence-electron chi connectivity index (χ2n) is 10.2. The summed E-state index contributed by atoms with van der Waals surface area (Å²) < 4.78 is 35.5. The third kappa shape index (κ3) is 4.49. The van der Waals surface area contributed by atoms with E-state index < -0.39 is 11.6 Å². The van der Waals surface area contributed by atoms with Crippen LogP contribution in [0.4, 0.5) is 31.8 Å². The van der Waals surface area contributed by atoms with Crippen LogP contribution < -0.4 is 19.9 Å². The monoisotopic (exact) mass is 519 g/mol. The molecule has 2 aromatic carbocycles. The van der Waals surface area contributed by atoms with Crippen LogP contribution in [0.15, 0.2) is 42.7 Å². The number of likely N-dealkylation sites (N-methyl/N-ethyl adjacent to an activating group) is 1. The Hall–Kier alpha value is -3.92. The molecule has 0 bridgehead atoms. The largest absolute Gasteiger partial charge is 0.486 e. The predicted octanol–water partition coefficient (Wildman–Crippen LogP) is 5.01. The summed E-state index contributed by atoms with van der Waals surface area (Å²) in [5, 5.41) is 4.31. The molecule has 2 aliphatic rings. The molecule has 0 unspecified atom stereocenters. The van der Waals surface area contributed by atoms with Crippen LogP contribution in [0.1, 0.15) is 13.8 Å². The molecule has 0 amide bonds. The highest BCUT2D eigenvalue weighted by molar-refractivity contribution is 5.95. The fourth-order valence-electron chi connectivity index (χ4n) is 5.23. The zero-order valence-electron chi connectivity index (χ0n) is 21.8. The van der Waals surface area contributed by atoms with Gasteiger partial charge in [-0.15, -0.1) is 0 Å². The van der Waals surface area contributed by atoms with Gasteiger partial charge in [0.05, 0.1) is 24.1 Å². The van der Waals surface area contributed by atoms with E-state index >= 15 is 0 Å². The Labute approximate surface area is 220 Å². The summed E-state index contributed by atoms with van der Waals surface area (Å²) in [4.78, 5) is 18.7. The number of aromatic nitrogens is 3. The Kier molecular flexibility index (Phi) is 6.27. The molecule has 0 aliphatic carbocycles. The molecule has 4 heterocycles. The summed E-state index contributed by atoms with van der Waals surface area (Å²) in [7, 11) is 2.14. The van der Waals surface area contributed by atoms with Gasteiger partial charge in [-0.25, -0.2) is 18.7 Å². The van der Waals surface area contributed by atoms with Crippen LogP contribution in [-0.2, 0) is 0 Å². The van der Waals surface area contributed by atoms with Gasteiger partial charge in [0.1, 0.15) is 12.3 Å². The summed E-state index contributed by atoms with van der Waals surface area (Å²) in [6.45, 7) is 9.13. The van der Waals surface area contributed by atoms with E-state index in [-0.39, 0.29) is 23.4 Å². The third-order valence-corrected chi connectivity index (χ3v) is 7.31. The first-order valence-corrected chi connectivity index (χ1v) is 12.9. The van der Waals surface area contributed by atoms with Crippen molar-refractivity contribution in [3.63, 3.8) is 0 Å². The average Bonchev–Trinajstić information content (AvgIpc) is 3.33. The first-order chi connectivity index (χ1) is 18.4. The van der Waals surface area contributed by atoms with E-state index in [0.29, 0.717) is 24.4 Å². The summed E-state index contributed by atoms with van der Waals surface area (Å²) in [6, 6.07) is 9.14. The number of hydrogen-bond donors (Lipinski definition) is 2. The summed E-state index contributed by atoms with van der Waals surface area (Å²) in [5.41, 5.74) is 3.89. The van der Waals surface area contributed by atoms with E-state index in [2.05, 4.69) is 43.2 Å². The molecule has 38 heavy (non-hydrogen) atoms. The molecule has 0 radical (unpaired) electrons. The third-order valence-electron chi connectivity index (χ3n) is 7.31. The Morgan fingerprint density at radius 2 is 1.82 bits per heavy atom. The van der Waals surface area contributed by atoms with E-state index in [0.717, 1.165) is 49.0 Å². The highest BCUT2D eigenvalue weighted by atomic mass is 19.1. The van der Waals surface area contributed by atoms with E-state index in [1.54, 1.807) is 6.07 Å². The van der Waals surface area contributed by atoms with Gasteiger partial charge in [0.2, 0.25) is 5.95 Å². The maximum atomic E-state index is 15.0. The van der Waals surface area contributed by atoms with E-state index in [1.165, 1.54) is 11.8 Å². The van der Waals surface area contributed by atoms with Gasteiger partial charge in [-0.2, -0.15) is 0 Å². The van der Waals surface area contributed by atoms with E-state index in [9.17, 15) is 8.78 Å². The highest BCUT2D eigenvalue weighted by Crippen LogP contribution is 2.39. The van der Waals surface area contributed by atoms with Crippen molar-refractivity contribution in [2.24, 2.45) is 0 Å². The van der Waals surface area contributed by atoms with Crippen LogP contribution in [0.5, 0.6) is 5.75 Å². The van der Waals surface area contributed by atoms with E-state index in [1.807, 2.05) is 37.1 Å². The Morgan fingerprint density at radius 3 is 2.61 bits per heavy atom. The molecular formula is C28H31F2N7O. The number of piperazine rings is 1. The molecule has 1 fully saturated rings. The number of anilines is 4. The van der Waals surface area contributed by atoms with Gasteiger partial charge in [-0.1, -0.05) is 0 Å². The van der Waals surface area contributed by atoms with Crippen molar-refractivity contribution in [3.8, 4) is 17.0 Å². The maximum Gasteiger partial charge on any atom is 0.227 e. The smallest absolute Gasteiger partial charge is 0.227 e. The van der Waals surface area contributed by atoms with Crippen LogP contribution in [0.3, 0.4) is 0 Å². The predicted molar refractivity (Wildman–Crippen MR) is 147 cm³/mol. The van der Waals surface area contributed by atoms with Crippen molar-refractivity contribution in [2.45, 2.75) is 19.9 Å². The number of halogens is 2. The lowest BCUT2D eigenvalue weighted by Crippen LogP contribution is -2.44. The van der Waals surface area contributed by atoms with Crippen LogP contribution in [0.2, 0.25) is 0 Å². The first-order valence-electron chi connectivity index (χ1n) is 12.9. The molecule has 2 aromatic heterocycles. The molecule has 6 rings (SSSR count). The average molecular weight is 520 g/mol. The minimum Gasteiger partial charge on any atom is -0.486 e. The number of benzene rings is 2. The lowest BCUT2D eigenvalue weighted by Gasteiger charge is -2.34. The van der Waals surface area contributed by atoms with Gasteiger partial charge in [-0.05, 0) is 51.2 Å². The van der Waals surface area contributed by atoms with Gasteiger partial charge >= 0.3 is 0 Å². The maximum absolute atomic E-state index is 15.0. The molecule has 8 nitrogen and oxygen atoms in total. The SMILES string of the molecule is CC(C)N1CCOc2c(F)cc(-c3nc(Nc4ccc5c(N6CCN(C)CC6)c[nH]c5c4)ncc3F)cc21. The minimum atomic E-state index is -0.626. The second-order valence-corrected chi connectivity index (χ2v) is 10.2. The summed E-state index contributed by atoms with van der Waals surface area (Å²) in [5.74, 6) is -0.749. The fraction of sp³-hybridized carbons (Fsp3) is 0.357. The van der Waals surface area contributed by atoms with Gasteiger partial charge in [0.15, 0.2) is 17.4 Å². The van der Waals surface area contributed by atoms with Crippen molar-refractivity contribution < 1.29 is 13.5 Å². The minimum absolute atomic E-state index is 0.0248. The number of nitrogens with zero attached hydrogens (tertiary/aromatic N) is 5. The number of fused-ring (bicyclic) bond motifs is 2. The van der Waals surface area contributed by atoms with Crippen LogP contribution >= 0.6 is 0 Å². The molecule has 1 saturated heterocycles. The fourth-order valence-corrected chi connectivity index (χ4v) is 5.23. The normalized spacial score (nSPS) is 16.2. The van der Waals surface area contributed by atoms with Crippen molar-refractivity contribution in [1.82, 2.24) is 19.9 Å². The lowest BCUT2D eigenvalue weighted by molar-refractivity contribution is 0.287. The molecule has 0 saturated carbocycles. The number of hydrogen-bond acceptors (Lipinski definition) is 7. The molecule has 0 atom stereocenters. The molecule has 2 N–H and O–H groups in total. The number of rotatable bonds is 5. The standard InChI is InChI=1S/C28H31F2N7O/c1-17(2)37-10-11-38-27-21(29)12-18(13-24(27)37)26-22(30)15-32-28(34-26)33-19-4-5-20-23(14-19)31-16-25(20)36-8-6-35(3)7-9-36/h4-5,12-17,31H,6-11H2,1-3H3,(H,32,33,34). The molecule has 2 aliphatic heterocycles. The number of nitrogens with one attached hydrogen (secondary N) is 2. The molecule has 0 spiro atoms. The van der Waals surface area contributed by atoms with Crippen molar-refractivity contribution in [3.05, 3.63) is 54.4 Å². The number of ether oxygens (including phenoxy) is 1. The second kappa shape index (κ2) is 9.75. The van der Waals surface area contributed by atoms with Crippen LogP contribution in [-0.4, -0.2) is 72.3 Å². The molecule has 10 heteroatoms. The Morgan fingerprint density at radius 1 is 1.00 bits per heavy atom. The zero-order valence-corrected chi connectivity index (χ0v) is 21.8. The number of aromatic amines is 1. The topological polar surface area (TPSA) is 72.6 Å². The Bertz CT molecular complexity index is 1480. The number of H-pyrrole nitrogens is 1. The Balaban J connectivity index is 1.28. The van der Waals surface area contributed by atoms with Gasteiger partial charge in [0, 0.05) is 60.6 Å². The quantitative estimate of drug-likeness (QED) is 0.384. The molecular weight excluding hydrogens is 488 g/mol. The van der Waals surface area contributed by atoms with Gasteiger partial charge in [0.25, 0.3) is 0 Å². The van der Waals surface area contributed by atoms with Gasteiger partial charge in [-0.3, -0.25) is 0 Å². The van der Waals surface area contributed by atoms with E-state index in [4.69, 9.17) is 4.74 Å².